The van der Waals surface area contributed by atoms with Crippen molar-refractivity contribution in [1.82, 2.24) is 10.2 Å². The molecule has 150 valence electrons. The molecule has 1 aromatic rings. The molecule has 0 bridgehead atoms. The molecule has 1 amide bonds. The van der Waals surface area contributed by atoms with Crippen molar-refractivity contribution in [2.24, 2.45) is 5.92 Å². The molecule has 1 N–H and O–H groups in total. The smallest absolute Gasteiger partial charge is 0.224 e. The summed E-state index contributed by atoms with van der Waals surface area (Å²) in [4.78, 5) is 15.3. The predicted octanol–water partition coefficient (Wildman–Crippen LogP) is 5.30. The molecule has 1 heterocycles. The van der Waals surface area contributed by atoms with E-state index in [4.69, 9.17) is 0 Å². The Morgan fingerprint density at radius 2 is 1.44 bits per heavy atom. The first kappa shape index (κ1) is 20.4. The number of hydrogen-bond acceptors (Lipinski definition) is 2. The van der Waals surface area contributed by atoms with Crippen molar-refractivity contribution in [3.8, 4) is 0 Å². The van der Waals surface area contributed by atoms with Crippen LogP contribution in [0.15, 0.2) is 30.3 Å². The minimum absolute atomic E-state index is 0.176. The topological polar surface area (TPSA) is 32.3 Å². The molecule has 1 unspecified atom stereocenters. The van der Waals surface area contributed by atoms with Crippen LogP contribution in [0.4, 0.5) is 0 Å². The van der Waals surface area contributed by atoms with Crippen LogP contribution >= 0.6 is 0 Å². The van der Waals surface area contributed by atoms with E-state index in [0.717, 1.165) is 26.1 Å². The summed E-state index contributed by atoms with van der Waals surface area (Å²) in [5.41, 5.74) is 1.35. The molecule has 0 aromatic heterocycles. The highest BCUT2D eigenvalue weighted by Gasteiger charge is 2.29. The van der Waals surface area contributed by atoms with Crippen LogP contribution in [0.5, 0.6) is 0 Å². The number of nitrogens with one attached hydrogen (secondary N) is 1. The molecule has 2 fully saturated rings. The van der Waals surface area contributed by atoms with Crippen molar-refractivity contribution in [3.05, 3.63) is 35.9 Å². The summed E-state index contributed by atoms with van der Waals surface area (Å²) in [5, 5.41) is 3.43. The number of rotatable bonds is 4. The van der Waals surface area contributed by atoms with Crippen LogP contribution < -0.4 is 5.32 Å². The standard InChI is InChI=1S/C24H38N2O/c27-24(22-17-18-26(20-22)19-21-13-9-8-10-14-21)25-23-15-11-6-4-2-1-3-5-7-12-16-23/h8-10,13-14,22-23H,1-7,11-12,15-20H2,(H,25,27). The van der Waals surface area contributed by atoms with Gasteiger partial charge in [0.05, 0.1) is 5.92 Å². The van der Waals surface area contributed by atoms with Crippen LogP contribution in [-0.2, 0) is 11.3 Å². The van der Waals surface area contributed by atoms with Gasteiger partial charge < -0.3 is 5.32 Å². The number of carbonyl (C=O) groups is 1. The average molecular weight is 371 g/mol. The van der Waals surface area contributed by atoms with Crippen molar-refractivity contribution in [2.45, 2.75) is 89.6 Å². The van der Waals surface area contributed by atoms with Gasteiger partial charge in [-0.05, 0) is 31.4 Å². The second-order valence-corrected chi connectivity index (χ2v) is 8.67. The molecule has 1 aromatic carbocycles. The second-order valence-electron chi connectivity index (χ2n) is 8.67. The van der Waals surface area contributed by atoms with Crippen molar-refractivity contribution in [2.75, 3.05) is 13.1 Å². The Morgan fingerprint density at radius 3 is 2.07 bits per heavy atom. The van der Waals surface area contributed by atoms with Gasteiger partial charge in [0, 0.05) is 19.1 Å². The molecule has 1 aliphatic carbocycles. The Hall–Kier alpha value is -1.35. The van der Waals surface area contributed by atoms with E-state index in [1.165, 1.54) is 76.2 Å². The van der Waals surface area contributed by atoms with Gasteiger partial charge in [-0.15, -0.1) is 0 Å². The molecule has 3 nitrogen and oxygen atoms in total. The van der Waals surface area contributed by atoms with Gasteiger partial charge in [-0.3, -0.25) is 9.69 Å². The minimum Gasteiger partial charge on any atom is -0.353 e. The summed E-state index contributed by atoms with van der Waals surface area (Å²) in [7, 11) is 0. The summed E-state index contributed by atoms with van der Waals surface area (Å²) in [5.74, 6) is 0.484. The zero-order valence-corrected chi connectivity index (χ0v) is 17.0. The largest absolute Gasteiger partial charge is 0.353 e. The zero-order chi connectivity index (χ0) is 18.7. The summed E-state index contributed by atoms with van der Waals surface area (Å²) >= 11 is 0. The van der Waals surface area contributed by atoms with Gasteiger partial charge in [-0.1, -0.05) is 88.1 Å². The van der Waals surface area contributed by atoms with E-state index in [1.54, 1.807) is 0 Å². The van der Waals surface area contributed by atoms with Crippen molar-refractivity contribution in [1.29, 1.82) is 0 Å². The lowest BCUT2D eigenvalue weighted by molar-refractivity contribution is -0.125. The third kappa shape index (κ3) is 7.29. The number of hydrogen-bond donors (Lipinski definition) is 1. The maximum absolute atomic E-state index is 12.8. The summed E-state index contributed by atoms with van der Waals surface area (Å²) in [6, 6.07) is 11.0. The Morgan fingerprint density at radius 1 is 0.852 bits per heavy atom. The lowest BCUT2D eigenvalue weighted by Gasteiger charge is -2.22. The maximum Gasteiger partial charge on any atom is 0.224 e. The highest BCUT2D eigenvalue weighted by molar-refractivity contribution is 5.79. The fraction of sp³-hybridized carbons (Fsp3) is 0.708. The monoisotopic (exact) mass is 370 g/mol. The Labute approximate surface area is 165 Å². The predicted molar refractivity (Wildman–Crippen MR) is 113 cm³/mol. The van der Waals surface area contributed by atoms with Gasteiger partial charge in [0.2, 0.25) is 5.91 Å². The SMILES string of the molecule is O=C(NC1CCCCCCCCCCC1)C1CCN(Cc2ccccc2)C1. The molecule has 2 aliphatic rings. The van der Waals surface area contributed by atoms with Crippen LogP contribution in [0.1, 0.15) is 82.6 Å². The Kier molecular flexibility index (Phi) is 8.67. The highest BCUT2D eigenvalue weighted by Crippen LogP contribution is 2.21. The van der Waals surface area contributed by atoms with E-state index in [-0.39, 0.29) is 5.92 Å². The first-order valence-corrected chi connectivity index (χ1v) is 11.4. The quantitative estimate of drug-likeness (QED) is 0.780. The van der Waals surface area contributed by atoms with Gasteiger partial charge in [0.25, 0.3) is 0 Å². The third-order valence-electron chi connectivity index (χ3n) is 6.34. The second kappa shape index (κ2) is 11.5. The lowest BCUT2D eigenvalue weighted by atomic mass is 9.97. The van der Waals surface area contributed by atoms with E-state index in [0.29, 0.717) is 11.9 Å². The lowest BCUT2D eigenvalue weighted by Crippen LogP contribution is -2.40. The molecule has 3 heteroatoms. The highest BCUT2D eigenvalue weighted by atomic mass is 16.2. The van der Waals surface area contributed by atoms with Crippen LogP contribution in [-0.4, -0.2) is 29.9 Å². The first-order chi connectivity index (χ1) is 13.3. The van der Waals surface area contributed by atoms with Crippen molar-refractivity contribution < 1.29 is 4.79 Å². The van der Waals surface area contributed by atoms with Crippen LogP contribution in [0.3, 0.4) is 0 Å². The minimum atomic E-state index is 0.176. The van der Waals surface area contributed by atoms with E-state index in [1.807, 2.05) is 0 Å². The Bertz CT molecular complexity index is 533. The van der Waals surface area contributed by atoms with Crippen LogP contribution in [0.25, 0.3) is 0 Å². The third-order valence-corrected chi connectivity index (χ3v) is 6.34. The fourth-order valence-corrected chi connectivity index (χ4v) is 4.66. The maximum atomic E-state index is 12.8. The summed E-state index contributed by atoms with van der Waals surface area (Å²) < 4.78 is 0. The van der Waals surface area contributed by atoms with E-state index < -0.39 is 0 Å². The normalized spacial score (nSPS) is 24.1. The molecule has 1 saturated carbocycles. The molecular weight excluding hydrogens is 332 g/mol. The van der Waals surface area contributed by atoms with Gasteiger partial charge >= 0.3 is 0 Å². The van der Waals surface area contributed by atoms with Crippen molar-refractivity contribution >= 4 is 5.91 Å². The molecular formula is C24H38N2O. The zero-order valence-electron chi connectivity index (χ0n) is 17.0. The van der Waals surface area contributed by atoms with Crippen LogP contribution in [0, 0.1) is 5.92 Å². The molecule has 27 heavy (non-hydrogen) atoms. The summed E-state index contributed by atoms with van der Waals surface area (Å²) in [6.45, 7) is 2.92. The first-order valence-electron chi connectivity index (χ1n) is 11.4. The Balaban J connectivity index is 1.43. The molecule has 3 rings (SSSR count). The van der Waals surface area contributed by atoms with E-state index in [2.05, 4.69) is 40.5 Å². The molecule has 0 radical (unpaired) electrons. The van der Waals surface area contributed by atoms with Crippen molar-refractivity contribution in [3.63, 3.8) is 0 Å². The molecule has 1 atom stereocenters. The molecule has 1 saturated heterocycles. The average Bonchev–Trinajstić information content (AvgIpc) is 3.13. The van der Waals surface area contributed by atoms with Crippen LogP contribution in [0.2, 0.25) is 0 Å². The van der Waals surface area contributed by atoms with Gasteiger partial charge in [-0.25, -0.2) is 0 Å². The summed E-state index contributed by atoms with van der Waals surface area (Å²) in [6.07, 6.45) is 15.5. The number of amides is 1. The van der Waals surface area contributed by atoms with Gasteiger partial charge in [-0.2, -0.15) is 0 Å². The molecule has 0 spiro atoms. The number of carbonyl (C=O) groups excluding carboxylic acids is 1. The van der Waals surface area contributed by atoms with E-state index >= 15 is 0 Å². The molecule has 1 aliphatic heterocycles. The van der Waals surface area contributed by atoms with E-state index in [9.17, 15) is 4.79 Å². The number of likely N-dealkylation sites (tertiary alicyclic amines) is 1. The van der Waals surface area contributed by atoms with Gasteiger partial charge in [0.15, 0.2) is 0 Å². The fourth-order valence-electron chi connectivity index (χ4n) is 4.66. The van der Waals surface area contributed by atoms with Gasteiger partial charge in [0.1, 0.15) is 0 Å². The number of benzene rings is 1. The number of nitrogens with zero attached hydrogens (tertiary/aromatic N) is 1.